The van der Waals surface area contributed by atoms with Crippen molar-refractivity contribution in [2.24, 2.45) is 5.41 Å². The van der Waals surface area contributed by atoms with E-state index < -0.39 is 0 Å². The van der Waals surface area contributed by atoms with Gasteiger partial charge in [-0.15, -0.1) is 0 Å². The molecule has 0 aromatic rings. The first-order valence-corrected chi connectivity index (χ1v) is 6.36. The fourth-order valence-electron chi connectivity index (χ4n) is 1.71. The van der Waals surface area contributed by atoms with Gasteiger partial charge in [-0.25, -0.2) is 0 Å². The second kappa shape index (κ2) is 8.04. The number of rotatable bonds is 9. The van der Waals surface area contributed by atoms with Crippen molar-refractivity contribution in [3.63, 3.8) is 0 Å². The van der Waals surface area contributed by atoms with Crippen LogP contribution in [-0.2, 0) is 4.74 Å². The van der Waals surface area contributed by atoms with Gasteiger partial charge in [0.1, 0.15) is 0 Å². The maximum atomic E-state index is 5.13. The molecule has 0 aromatic carbocycles. The highest BCUT2D eigenvalue weighted by atomic mass is 16.5. The van der Waals surface area contributed by atoms with E-state index in [1.807, 2.05) is 0 Å². The van der Waals surface area contributed by atoms with Crippen LogP contribution in [0.4, 0.5) is 0 Å². The van der Waals surface area contributed by atoms with Crippen LogP contribution in [0.5, 0.6) is 0 Å². The Morgan fingerprint density at radius 3 is 2.38 bits per heavy atom. The molecule has 0 saturated heterocycles. The van der Waals surface area contributed by atoms with Crippen molar-refractivity contribution in [1.82, 2.24) is 10.2 Å². The van der Waals surface area contributed by atoms with Gasteiger partial charge in [-0.3, -0.25) is 0 Å². The zero-order valence-corrected chi connectivity index (χ0v) is 12.0. The van der Waals surface area contributed by atoms with Gasteiger partial charge in [0.05, 0.1) is 6.61 Å². The van der Waals surface area contributed by atoms with E-state index >= 15 is 0 Å². The zero-order chi connectivity index (χ0) is 12.6. The summed E-state index contributed by atoms with van der Waals surface area (Å²) in [4.78, 5) is 2.45. The van der Waals surface area contributed by atoms with E-state index in [0.29, 0.717) is 11.5 Å². The van der Waals surface area contributed by atoms with E-state index in [9.17, 15) is 0 Å². The quantitative estimate of drug-likeness (QED) is 0.655. The molecule has 0 bridgehead atoms. The van der Waals surface area contributed by atoms with Gasteiger partial charge in [-0.2, -0.15) is 0 Å². The van der Waals surface area contributed by atoms with Crippen LogP contribution in [0.1, 0.15) is 34.6 Å². The van der Waals surface area contributed by atoms with Crippen molar-refractivity contribution in [3.8, 4) is 0 Å². The molecule has 0 spiro atoms. The molecule has 1 N–H and O–H groups in total. The van der Waals surface area contributed by atoms with Crippen LogP contribution < -0.4 is 5.32 Å². The maximum Gasteiger partial charge on any atom is 0.0589 e. The number of methoxy groups -OCH3 is 1. The molecule has 0 aliphatic rings. The molecule has 98 valence electrons. The molecule has 0 aliphatic heterocycles. The topological polar surface area (TPSA) is 24.5 Å². The van der Waals surface area contributed by atoms with Crippen LogP contribution in [0.3, 0.4) is 0 Å². The Morgan fingerprint density at radius 2 is 1.94 bits per heavy atom. The van der Waals surface area contributed by atoms with Crippen LogP contribution in [0, 0.1) is 5.41 Å². The lowest BCUT2D eigenvalue weighted by Gasteiger charge is -2.32. The Labute approximate surface area is 102 Å². The first-order valence-electron chi connectivity index (χ1n) is 6.36. The molecule has 0 fully saturated rings. The third-order valence-corrected chi connectivity index (χ3v) is 2.70. The number of hydrogen-bond acceptors (Lipinski definition) is 3. The molecular weight excluding hydrogens is 200 g/mol. The lowest BCUT2D eigenvalue weighted by molar-refractivity contribution is 0.120. The summed E-state index contributed by atoms with van der Waals surface area (Å²) in [7, 11) is 1.76. The highest BCUT2D eigenvalue weighted by Crippen LogP contribution is 2.15. The molecule has 0 rings (SSSR count). The van der Waals surface area contributed by atoms with Gasteiger partial charge in [-0.05, 0) is 12.0 Å². The Hall–Kier alpha value is -0.120. The summed E-state index contributed by atoms with van der Waals surface area (Å²) < 4.78 is 5.13. The molecule has 16 heavy (non-hydrogen) atoms. The molecule has 0 unspecified atom stereocenters. The summed E-state index contributed by atoms with van der Waals surface area (Å²) in [5.41, 5.74) is 0.314. The summed E-state index contributed by atoms with van der Waals surface area (Å²) in [6.45, 7) is 16.4. The number of likely N-dealkylation sites (N-methyl/N-ethyl adjacent to an activating group) is 1. The largest absolute Gasteiger partial charge is 0.383 e. The molecular formula is C13H30N2O. The molecule has 3 nitrogen and oxygen atoms in total. The summed E-state index contributed by atoms with van der Waals surface area (Å²) >= 11 is 0. The van der Waals surface area contributed by atoms with Crippen molar-refractivity contribution in [2.45, 2.75) is 40.7 Å². The van der Waals surface area contributed by atoms with Crippen LogP contribution in [0.2, 0.25) is 0 Å². The predicted molar refractivity (Wildman–Crippen MR) is 70.9 cm³/mol. The monoisotopic (exact) mass is 230 g/mol. The molecule has 0 heterocycles. The summed E-state index contributed by atoms with van der Waals surface area (Å²) in [6.07, 6.45) is 0. The van der Waals surface area contributed by atoms with Crippen molar-refractivity contribution >= 4 is 0 Å². The number of ether oxygens (including phenoxy) is 1. The SMILES string of the molecule is CCN(CCOC)CC(C)(C)CNC(C)C. The Bertz CT molecular complexity index is 169. The van der Waals surface area contributed by atoms with E-state index in [4.69, 9.17) is 4.74 Å². The fraction of sp³-hybridized carbons (Fsp3) is 1.00. The van der Waals surface area contributed by atoms with Crippen molar-refractivity contribution in [1.29, 1.82) is 0 Å². The van der Waals surface area contributed by atoms with Crippen LogP contribution in [0.25, 0.3) is 0 Å². The minimum Gasteiger partial charge on any atom is -0.383 e. The number of nitrogens with zero attached hydrogens (tertiary/aromatic N) is 1. The van der Waals surface area contributed by atoms with E-state index in [-0.39, 0.29) is 0 Å². The second-order valence-corrected chi connectivity index (χ2v) is 5.56. The second-order valence-electron chi connectivity index (χ2n) is 5.56. The molecule has 0 aromatic heterocycles. The standard InChI is InChI=1S/C13H30N2O/c1-7-15(8-9-16-6)11-13(4,5)10-14-12(2)3/h12,14H,7-11H2,1-6H3. The normalized spacial score (nSPS) is 12.8. The molecule has 0 saturated carbocycles. The lowest BCUT2D eigenvalue weighted by atomic mass is 9.92. The highest BCUT2D eigenvalue weighted by Gasteiger charge is 2.20. The van der Waals surface area contributed by atoms with Crippen LogP contribution >= 0.6 is 0 Å². The van der Waals surface area contributed by atoms with Gasteiger partial charge in [0, 0.05) is 32.8 Å². The summed E-state index contributed by atoms with van der Waals surface area (Å²) in [5.74, 6) is 0. The van der Waals surface area contributed by atoms with Gasteiger partial charge in [0.15, 0.2) is 0 Å². The van der Waals surface area contributed by atoms with Gasteiger partial charge in [0.25, 0.3) is 0 Å². The molecule has 0 amide bonds. The van der Waals surface area contributed by atoms with Gasteiger partial charge >= 0.3 is 0 Å². The van der Waals surface area contributed by atoms with Crippen molar-refractivity contribution in [3.05, 3.63) is 0 Å². The van der Waals surface area contributed by atoms with Gasteiger partial charge in [-0.1, -0.05) is 34.6 Å². The number of hydrogen-bond donors (Lipinski definition) is 1. The Morgan fingerprint density at radius 1 is 1.31 bits per heavy atom. The van der Waals surface area contributed by atoms with Gasteiger partial charge in [0.2, 0.25) is 0 Å². The van der Waals surface area contributed by atoms with Gasteiger partial charge < -0.3 is 15.0 Å². The Kier molecular flexibility index (Phi) is 7.98. The van der Waals surface area contributed by atoms with E-state index in [1.54, 1.807) is 7.11 Å². The van der Waals surface area contributed by atoms with Crippen LogP contribution in [-0.4, -0.2) is 50.8 Å². The van der Waals surface area contributed by atoms with E-state index in [0.717, 1.165) is 32.8 Å². The molecule has 3 heteroatoms. The number of nitrogens with one attached hydrogen (secondary N) is 1. The summed E-state index contributed by atoms with van der Waals surface area (Å²) in [5, 5.41) is 3.51. The molecule has 0 radical (unpaired) electrons. The van der Waals surface area contributed by atoms with E-state index in [1.165, 1.54) is 0 Å². The smallest absolute Gasteiger partial charge is 0.0589 e. The predicted octanol–water partition coefficient (Wildman–Crippen LogP) is 1.98. The lowest BCUT2D eigenvalue weighted by Crippen LogP contribution is -2.43. The minimum atomic E-state index is 0.314. The minimum absolute atomic E-state index is 0.314. The zero-order valence-electron chi connectivity index (χ0n) is 12.0. The highest BCUT2D eigenvalue weighted by molar-refractivity contribution is 4.76. The first kappa shape index (κ1) is 15.9. The Balaban J connectivity index is 3.98. The summed E-state index contributed by atoms with van der Waals surface area (Å²) in [6, 6.07) is 0.563. The third-order valence-electron chi connectivity index (χ3n) is 2.70. The maximum absolute atomic E-state index is 5.13. The fourth-order valence-corrected chi connectivity index (χ4v) is 1.71. The third kappa shape index (κ3) is 8.08. The van der Waals surface area contributed by atoms with Crippen molar-refractivity contribution < 1.29 is 4.74 Å². The van der Waals surface area contributed by atoms with Crippen molar-refractivity contribution in [2.75, 3.05) is 39.9 Å². The average Bonchev–Trinajstić information content (AvgIpc) is 2.21. The molecule has 0 aliphatic carbocycles. The van der Waals surface area contributed by atoms with E-state index in [2.05, 4.69) is 44.8 Å². The average molecular weight is 230 g/mol. The molecule has 0 atom stereocenters. The van der Waals surface area contributed by atoms with Crippen LogP contribution in [0.15, 0.2) is 0 Å². The first-order chi connectivity index (χ1) is 7.41.